The number of hydrogen-bond acceptors (Lipinski definition) is 5. The van der Waals surface area contributed by atoms with Crippen LogP contribution in [-0.4, -0.2) is 22.4 Å². The van der Waals surface area contributed by atoms with Crippen molar-refractivity contribution in [1.82, 2.24) is 9.55 Å². The normalized spacial score (nSPS) is 16.4. The van der Waals surface area contributed by atoms with Crippen molar-refractivity contribution in [1.29, 1.82) is 0 Å². The summed E-state index contributed by atoms with van der Waals surface area (Å²) in [7, 11) is 1.58. The van der Waals surface area contributed by atoms with Crippen LogP contribution in [0.5, 0.6) is 5.88 Å². The first-order chi connectivity index (χ1) is 12.6. The van der Waals surface area contributed by atoms with Crippen LogP contribution < -0.4 is 14.9 Å². The molecule has 0 saturated heterocycles. The molecule has 1 atom stereocenters. The van der Waals surface area contributed by atoms with Crippen molar-refractivity contribution >= 4 is 40.3 Å². The third kappa shape index (κ3) is 3.04. The fraction of sp³-hybridized carbons (Fsp3) is 0.278. The monoisotopic (exact) mass is 408 g/mol. The zero-order valence-corrected chi connectivity index (χ0v) is 17.0. The maximum absolute atomic E-state index is 13.5. The smallest absolute Gasteiger partial charge is 0.350 e. The van der Waals surface area contributed by atoms with E-state index in [1.807, 2.05) is 16.1 Å². The third-order valence-corrected chi connectivity index (χ3v) is 6.52. The fourth-order valence-electron chi connectivity index (χ4n) is 3.05. The quantitative estimate of drug-likeness (QED) is 0.415. The molecule has 2 aromatic rings. The van der Waals surface area contributed by atoms with E-state index in [1.165, 1.54) is 11.3 Å². The maximum atomic E-state index is 13.5. The van der Waals surface area contributed by atoms with Crippen LogP contribution in [0.1, 0.15) is 23.4 Å². The Balaban J connectivity index is 2.34. The van der Waals surface area contributed by atoms with Crippen LogP contribution >= 0.6 is 34.7 Å². The van der Waals surface area contributed by atoms with Crippen LogP contribution in [0.4, 0.5) is 0 Å². The molecule has 0 bridgehead atoms. The topological polar surface area (TPSA) is 48.0 Å². The number of hydrogen-bond donors (Lipinski definition) is 0. The van der Waals surface area contributed by atoms with Gasteiger partial charge in [0.1, 0.15) is 0 Å². The highest BCUT2D eigenvalue weighted by molar-refractivity contribution is 7.99. The molecular weight excluding hydrogens is 390 g/mol. The van der Waals surface area contributed by atoms with Crippen LogP contribution in [0, 0.1) is 0 Å². The number of halogens is 1. The van der Waals surface area contributed by atoms with Gasteiger partial charge in [0.15, 0.2) is 16.1 Å². The van der Waals surface area contributed by atoms with Gasteiger partial charge in [-0.3, -0.25) is 0 Å². The van der Waals surface area contributed by atoms with E-state index in [4.69, 9.17) is 16.3 Å². The van der Waals surface area contributed by atoms with Gasteiger partial charge in [-0.2, -0.15) is 9.13 Å². The lowest BCUT2D eigenvalue weighted by atomic mass is 10.1. The number of rotatable bonds is 6. The molecule has 0 radical (unpaired) electrons. The number of fused-ring (bicyclic) bond motifs is 1. The first-order valence-corrected chi connectivity index (χ1v) is 10.2. The van der Waals surface area contributed by atoms with Crippen LogP contribution in [0.25, 0.3) is 5.57 Å². The summed E-state index contributed by atoms with van der Waals surface area (Å²) in [5.74, 6) is 1.28. The molecule has 1 aliphatic rings. The SMILES string of the molecule is C=C/C=C(\C=C)c1c(OC)[n+](CC)c2n(c1=O)[C@@H](c1cnc(Cl)s1)CS2. The molecule has 0 N–H and O–H groups in total. The van der Waals surface area contributed by atoms with Gasteiger partial charge >= 0.3 is 16.6 Å². The predicted molar refractivity (Wildman–Crippen MR) is 107 cm³/mol. The molecule has 0 unspecified atom stereocenters. The van der Waals surface area contributed by atoms with E-state index in [2.05, 4.69) is 18.1 Å². The number of thiazole rings is 1. The zero-order valence-electron chi connectivity index (χ0n) is 14.6. The fourth-order valence-corrected chi connectivity index (χ4v) is 5.55. The van der Waals surface area contributed by atoms with Gasteiger partial charge in [-0.05, 0) is 24.3 Å². The summed E-state index contributed by atoms with van der Waals surface area (Å²) in [6.45, 7) is 10.3. The molecular formula is C18H19ClN3O2S2+. The van der Waals surface area contributed by atoms with Gasteiger partial charge < -0.3 is 4.74 Å². The van der Waals surface area contributed by atoms with Crippen molar-refractivity contribution in [3.8, 4) is 5.88 Å². The van der Waals surface area contributed by atoms with Crippen LogP contribution in [-0.2, 0) is 6.54 Å². The number of allylic oxidation sites excluding steroid dienone is 4. The lowest BCUT2D eigenvalue weighted by molar-refractivity contribution is -0.739. The van der Waals surface area contributed by atoms with Gasteiger partial charge in [0.25, 0.3) is 0 Å². The summed E-state index contributed by atoms with van der Waals surface area (Å²) in [6, 6.07) is -0.107. The first-order valence-electron chi connectivity index (χ1n) is 8.03. The number of thioether (sulfide) groups is 1. The van der Waals surface area contributed by atoms with Crippen molar-refractivity contribution in [3.05, 3.63) is 62.8 Å². The summed E-state index contributed by atoms with van der Waals surface area (Å²) in [5.41, 5.74) is 1.04. The van der Waals surface area contributed by atoms with Gasteiger partial charge in [0, 0.05) is 6.20 Å². The average Bonchev–Trinajstić information content (AvgIpc) is 3.26. The summed E-state index contributed by atoms with van der Waals surface area (Å²) in [6.07, 6.45) is 6.79. The molecule has 5 nitrogen and oxygen atoms in total. The molecule has 0 aromatic carbocycles. The second kappa shape index (κ2) is 7.82. The lowest BCUT2D eigenvalue weighted by Gasteiger charge is -2.14. The summed E-state index contributed by atoms with van der Waals surface area (Å²) in [5, 5.41) is 0.870. The molecule has 0 amide bonds. The third-order valence-electron chi connectivity index (χ3n) is 4.15. The Labute approximate surface area is 165 Å². The van der Waals surface area contributed by atoms with Crippen molar-refractivity contribution in [2.45, 2.75) is 24.7 Å². The van der Waals surface area contributed by atoms with Gasteiger partial charge in [0.2, 0.25) is 0 Å². The highest BCUT2D eigenvalue weighted by Gasteiger charge is 2.40. The Morgan fingerprint density at radius 1 is 1.58 bits per heavy atom. The molecule has 0 spiro atoms. The Morgan fingerprint density at radius 2 is 2.35 bits per heavy atom. The zero-order chi connectivity index (χ0) is 18.8. The average molecular weight is 409 g/mol. The maximum Gasteiger partial charge on any atom is 0.350 e. The Morgan fingerprint density at radius 3 is 2.88 bits per heavy atom. The standard InChI is InChI=1S/C18H19ClN3O2S2/c1-5-8-11(6-2)14-15(23)22-12(13-9-20-17(19)26-13)10-25-18(22)21(7-3)16(14)24-4/h5-6,8-9,12H,1-2,7,10H2,3-4H3/q+1/b11-8+/t12-/m1/s1. The lowest BCUT2D eigenvalue weighted by Crippen LogP contribution is -2.45. The second-order valence-corrected chi connectivity index (χ2v) is 8.12. The molecule has 8 heteroatoms. The van der Waals surface area contributed by atoms with Crippen LogP contribution in [0.2, 0.25) is 4.47 Å². The van der Waals surface area contributed by atoms with Crippen molar-refractivity contribution in [3.63, 3.8) is 0 Å². The second-order valence-electron chi connectivity index (χ2n) is 5.49. The molecule has 3 rings (SSSR count). The predicted octanol–water partition coefficient (Wildman–Crippen LogP) is 3.72. The van der Waals surface area contributed by atoms with Gasteiger partial charge in [-0.15, -0.1) is 11.3 Å². The Bertz CT molecular complexity index is 962. The van der Waals surface area contributed by atoms with E-state index in [0.29, 0.717) is 28.0 Å². The number of ether oxygens (including phenoxy) is 1. The van der Waals surface area contributed by atoms with E-state index in [-0.39, 0.29) is 11.6 Å². The van der Waals surface area contributed by atoms with Crippen LogP contribution in [0.15, 0.2) is 47.5 Å². The van der Waals surface area contributed by atoms with E-state index < -0.39 is 0 Å². The minimum Gasteiger partial charge on any atom is -0.465 e. The van der Waals surface area contributed by atoms with Crippen molar-refractivity contribution < 1.29 is 9.30 Å². The van der Waals surface area contributed by atoms with E-state index in [1.54, 1.807) is 43.3 Å². The summed E-state index contributed by atoms with van der Waals surface area (Å²) < 4.78 is 9.94. The highest BCUT2D eigenvalue weighted by atomic mass is 35.5. The molecule has 0 aliphatic carbocycles. The molecule has 2 aromatic heterocycles. The molecule has 1 aliphatic heterocycles. The summed E-state index contributed by atoms with van der Waals surface area (Å²) in [4.78, 5) is 18.6. The van der Waals surface area contributed by atoms with E-state index >= 15 is 0 Å². The van der Waals surface area contributed by atoms with Gasteiger partial charge in [0.05, 0.1) is 24.3 Å². The first kappa shape index (κ1) is 18.9. The minimum absolute atomic E-state index is 0.107. The number of methoxy groups -OCH3 is 1. The van der Waals surface area contributed by atoms with Gasteiger partial charge in [-0.25, -0.2) is 9.78 Å². The minimum atomic E-state index is -0.117. The van der Waals surface area contributed by atoms with E-state index in [0.717, 1.165) is 15.8 Å². The Kier molecular flexibility index (Phi) is 5.70. The largest absolute Gasteiger partial charge is 0.465 e. The van der Waals surface area contributed by atoms with Crippen LogP contribution in [0.3, 0.4) is 0 Å². The highest BCUT2D eigenvalue weighted by Crippen LogP contribution is 2.38. The Hall–Kier alpha value is -1.83. The van der Waals surface area contributed by atoms with E-state index in [9.17, 15) is 4.79 Å². The van der Waals surface area contributed by atoms with Crippen molar-refractivity contribution in [2.75, 3.05) is 12.9 Å². The molecule has 136 valence electrons. The summed E-state index contributed by atoms with van der Waals surface area (Å²) >= 11 is 9.05. The number of aromatic nitrogens is 3. The van der Waals surface area contributed by atoms with Crippen molar-refractivity contribution in [2.24, 2.45) is 0 Å². The van der Waals surface area contributed by atoms with Gasteiger partial charge in [-0.1, -0.05) is 43.0 Å². The molecule has 0 saturated carbocycles. The molecule has 26 heavy (non-hydrogen) atoms. The molecule has 0 fully saturated rings. The molecule has 3 heterocycles. The number of nitrogens with zero attached hydrogens (tertiary/aromatic N) is 3.